The van der Waals surface area contributed by atoms with Crippen LogP contribution in [0, 0.1) is 5.92 Å². The van der Waals surface area contributed by atoms with Crippen molar-refractivity contribution in [1.29, 1.82) is 0 Å². The molecule has 0 heterocycles. The number of rotatable bonds is 7. The molecule has 0 atom stereocenters. The summed E-state index contributed by atoms with van der Waals surface area (Å²) < 4.78 is 4.82. The lowest BCUT2D eigenvalue weighted by Crippen LogP contribution is -2.19. The van der Waals surface area contributed by atoms with E-state index >= 15 is 0 Å². The van der Waals surface area contributed by atoms with Crippen LogP contribution in [-0.4, -0.2) is 25.7 Å². The molecule has 0 unspecified atom stereocenters. The van der Waals surface area contributed by atoms with Gasteiger partial charge in [-0.2, -0.15) is 0 Å². The summed E-state index contributed by atoms with van der Waals surface area (Å²) in [6, 6.07) is 0. The predicted octanol–water partition coefficient (Wildman–Crippen LogP) is 1.33. The summed E-state index contributed by atoms with van der Waals surface area (Å²) in [5.41, 5.74) is 0. The molecular weight excluding hydrogens is 166 g/mol. The van der Waals surface area contributed by atoms with E-state index in [1.165, 1.54) is 12.8 Å². The number of carbonyl (C=O) groups is 1. The van der Waals surface area contributed by atoms with Crippen molar-refractivity contribution < 1.29 is 9.53 Å². The van der Waals surface area contributed by atoms with Crippen molar-refractivity contribution in [3.8, 4) is 0 Å². The molecule has 3 heteroatoms. The summed E-state index contributed by atoms with van der Waals surface area (Å²) in [5.74, 6) is 0.846. The Balaban J connectivity index is 1.79. The first-order chi connectivity index (χ1) is 6.33. The van der Waals surface area contributed by atoms with Crippen LogP contribution >= 0.6 is 0 Å². The standard InChI is InChI=1S/C10H19NO2/c1-2-13-10(12)4-3-7-11-8-9-5-6-9/h9,11H,2-8H2,1H3. The second kappa shape index (κ2) is 5.97. The Morgan fingerprint density at radius 2 is 2.31 bits per heavy atom. The largest absolute Gasteiger partial charge is 0.466 e. The molecule has 0 spiro atoms. The highest BCUT2D eigenvalue weighted by Crippen LogP contribution is 2.27. The number of hydrogen-bond acceptors (Lipinski definition) is 3. The quantitative estimate of drug-likeness (QED) is 0.480. The minimum absolute atomic E-state index is 0.0734. The molecule has 3 nitrogen and oxygen atoms in total. The van der Waals surface area contributed by atoms with Gasteiger partial charge < -0.3 is 10.1 Å². The van der Waals surface area contributed by atoms with E-state index in [4.69, 9.17) is 4.74 Å². The van der Waals surface area contributed by atoms with Crippen molar-refractivity contribution in [2.24, 2.45) is 5.92 Å². The number of ether oxygens (including phenoxy) is 1. The molecule has 0 saturated heterocycles. The molecule has 0 aromatic rings. The topological polar surface area (TPSA) is 38.3 Å². The molecule has 1 aliphatic rings. The fourth-order valence-corrected chi connectivity index (χ4v) is 1.22. The van der Waals surface area contributed by atoms with Gasteiger partial charge in [-0.1, -0.05) is 0 Å². The van der Waals surface area contributed by atoms with Crippen LogP contribution in [0.4, 0.5) is 0 Å². The van der Waals surface area contributed by atoms with Gasteiger partial charge in [-0.25, -0.2) is 0 Å². The Morgan fingerprint density at radius 1 is 1.54 bits per heavy atom. The van der Waals surface area contributed by atoms with Gasteiger partial charge in [0.15, 0.2) is 0 Å². The summed E-state index contributed by atoms with van der Waals surface area (Å²) in [7, 11) is 0. The molecule has 1 N–H and O–H groups in total. The van der Waals surface area contributed by atoms with Crippen LogP contribution in [0.1, 0.15) is 32.6 Å². The van der Waals surface area contributed by atoms with E-state index in [-0.39, 0.29) is 5.97 Å². The molecule has 0 aromatic heterocycles. The van der Waals surface area contributed by atoms with Crippen LogP contribution < -0.4 is 5.32 Å². The normalized spacial score (nSPS) is 15.8. The van der Waals surface area contributed by atoms with E-state index in [9.17, 15) is 4.79 Å². The van der Waals surface area contributed by atoms with Crippen LogP contribution in [-0.2, 0) is 9.53 Å². The molecule has 1 fully saturated rings. The van der Waals surface area contributed by atoms with Gasteiger partial charge in [0, 0.05) is 6.42 Å². The average molecular weight is 185 g/mol. The van der Waals surface area contributed by atoms with Crippen LogP contribution in [0.15, 0.2) is 0 Å². The van der Waals surface area contributed by atoms with Crippen LogP contribution in [0.2, 0.25) is 0 Å². The van der Waals surface area contributed by atoms with Gasteiger partial charge in [-0.05, 0) is 45.2 Å². The molecular formula is C10H19NO2. The fraction of sp³-hybridized carbons (Fsp3) is 0.900. The van der Waals surface area contributed by atoms with Gasteiger partial charge in [-0.3, -0.25) is 4.79 Å². The predicted molar refractivity (Wildman–Crippen MR) is 51.5 cm³/mol. The fourth-order valence-electron chi connectivity index (χ4n) is 1.22. The molecule has 1 rings (SSSR count). The smallest absolute Gasteiger partial charge is 0.305 e. The highest BCUT2D eigenvalue weighted by atomic mass is 16.5. The zero-order valence-corrected chi connectivity index (χ0v) is 8.34. The minimum atomic E-state index is -0.0734. The first-order valence-electron chi connectivity index (χ1n) is 5.19. The van der Waals surface area contributed by atoms with Crippen molar-refractivity contribution in [3.63, 3.8) is 0 Å². The van der Waals surface area contributed by atoms with E-state index < -0.39 is 0 Å². The van der Waals surface area contributed by atoms with Crippen molar-refractivity contribution in [2.75, 3.05) is 19.7 Å². The van der Waals surface area contributed by atoms with E-state index in [2.05, 4.69) is 5.32 Å². The molecule has 13 heavy (non-hydrogen) atoms. The van der Waals surface area contributed by atoms with Crippen molar-refractivity contribution >= 4 is 5.97 Å². The Bertz CT molecular complexity index is 155. The van der Waals surface area contributed by atoms with Gasteiger partial charge in [0.2, 0.25) is 0 Å². The highest BCUT2D eigenvalue weighted by molar-refractivity contribution is 5.69. The summed E-state index contributed by atoms with van der Waals surface area (Å²) in [4.78, 5) is 10.9. The van der Waals surface area contributed by atoms with Gasteiger partial charge >= 0.3 is 5.97 Å². The molecule has 0 amide bonds. The van der Waals surface area contributed by atoms with Crippen molar-refractivity contribution in [1.82, 2.24) is 5.32 Å². The SMILES string of the molecule is CCOC(=O)CCCNCC1CC1. The van der Waals surface area contributed by atoms with Gasteiger partial charge in [0.05, 0.1) is 6.61 Å². The molecule has 1 saturated carbocycles. The van der Waals surface area contributed by atoms with Gasteiger partial charge in [0.1, 0.15) is 0 Å². The zero-order valence-electron chi connectivity index (χ0n) is 8.34. The third kappa shape index (κ3) is 5.64. The molecule has 1 aliphatic carbocycles. The Hall–Kier alpha value is -0.570. The number of hydrogen-bond donors (Lipinski definition) is 1. The first-order valence-corrected chi connectivity index (χ1v) is 5.19. The average Bonchev–Trinajstić information content (AvgIpc) is 2.88. The molecule has 0 aliphatic heterocycles. The Morgan fingerprint density at radius 3 is 2.92 bits per heavy atom. The van der Waals surface area contributed by atoms with E-state index in [1.54, 1.807) is 0 Å². The van der Waals surface area contributed by atoms with Crippen molar-refractivity contribution in [2.45, 2.75) is 32.6 Å². The van der Waals surface area contributed by atoms with Crippen LogP contribution in [0.25, 0.3) is 0 Å². The minimum Gasteiger partial charge on any atom is -0.466 e. The van der Waals surface area contributed by atoms with Crippen LogP contribution in [0.3, 0.4) is 0 Å². The maximum absolute atomic E-state index is 10.9. The molecule has 76 valence electrons. The Kier molecular flexibility index (Phi) is 4.83. The van der Waals surface area contributed by atoms with E-state index in [0.29, 0.717) is 13.0 Å². The number of nitrogens with one attached hydrogen (secondary N) is 1. The maximum Gasteiger partial charge on any atom is 0.305 e. The lowest BCUT2D eigenvalue weighted by Gasteiger charge is -2.03. The molecule has 0 bridgehead atoms. The third-order valence-corrected chi connectivity index (χ3v) is 2.17. The lowest BCUT2D eigenvalue weighted by atomic mass is 10.3. The zero-order chi connectivity index (χ0) is 9.52. The Labute approximate surface area is 79.8 Å². The number of carbonyl (C=O) groups excluding carboxylic acids is 1. The van der Waals surface area contributed by atoms with Crippen molar-refractivity contribution in [3.05, 3.63) is 0 Å². The number of esters is 1. The summed E-state index contributed by atoms with van der Waals surface area (Å²) in [5, 5.41) is 3.34. The first kappa shape index (κ1) is 10.5. The summed E-state index contributed by atoms with van der Waals surface area (Å²) in [6.07, 6.45) is 4.20. The summed E-state index contributed by atoms with van der Waals surface area (Å²) in [6.45, 7) is 4.40. The van der Waals surface area contributed by atoms with E-state index in [1.807, 2.05) is 6.92 Å². The second-order valence-electron chi connectivity index (χ2n) is 3.56. The van der Waals surface area contributed by atoms with Gasteiger partial charge in [0.25, 0.3) is 0 Å². The van der Waals surface area contributed by atoms with Crippen LogP contribution in [0.5, 0.6) is 0 Å². The molecule has 0 aromatic carbocycles. The van der Waals surface area contributed by atoms with Gasteiger partial charge in [-0.15, -0.1) is 0 Å². The second-order valence-corrected chi connectivity index (χ2v) is 3.56. The maximum atomic E-state index is 10.9. The van der Waals surface area contributed by atoms with E-state index in [0.717, 1.165) is 25.4 Å². The molecule has 0 radical (unpaired) electrons. The lowest BCUT2D eigenvalue weighted by molar-refractivity contribution is -0.143. The highest BCUT2D eigenvalue weighted by Gasteiger charge is 2.19. The third-order valence-electron chi connectivity index (χ3n) is 2.17. The monoisotopic (exact) mass is 185 g/mol. The summed E-state index contributed by atoms with van der Waals surface area (Å²) >= 11 is 0.